The van der Waals surface area contributed by atoms with Crippen molar-refractivity contribution in [2.45, 2.75) is 38.0 Å². The van der Waals surface area contributed by atoms with E-state index >= 15 is 0 Å². The molecule has 0 radical (unpaired) electrons. The van der Waals surface area contributed by atoms with Crippen LogP contribution < -0.4 is 11.1 Å². The highest BCUT2D eigenvalue weighted by atomic mass is 16.3. The van der Waals surface area contributed by atoms with Crippen molar-refractivity contribution in [1.82, 2.24) is 9.97 Å². The fourth-order valence-electron chi connectivity index (χ4n) is 3.21. The van der Waals surface area contributed by atoms with Crippen molar-refractivity contribution in [1.29, 1.82) is 0 Å². The lowest BCUT2D eigenvalue weighted by molar-refractivity contribution is 0.437. The summed E-state index contributed by atoms with van der Waals surface area (Å²) in [6.07, 6.45) is 8.03. The highest BCUT2D eigenvalue weighted by Crippen LogP contribution is 2.36. The SMILES string of the molecule is NCCNc1cnc(-c2cccc(O)c2)nc1C1CCCCC1. The number of phenols is 1. The number of rotatable bonds is 5. The van der Waals surface area contributed by atoms with E-state index in [4.69, 9.17) is 10.7 Å². The van der Waals surface area contributed by atoms with Gasteiger partial charge in [0, 0.05) is 24.6 Å². The molecule has 2 aromatic rings. The zero-order valence-corrected chi connectivity index (χ0v) is 13.3. The molecular formula is C18H24N4O. The summed E-state index contributed by atoms with van der Waals surface area (Å²) in [6, 6.07) is 7.09. The van der Waals surface area contributed by atoms with E-state index in [9.17, 15) is 5.11 Å². The van der Waals surface area contributed by atoms with Crippen molar-refractivity contribution in [2.24, 2.45) is 5.73 Å². The molecule has 0 atom stereocenters. The van der Waals surface area contributed by atoms with Crippen LogP contribution in [0.25, 0.3) is 11.4 Å². The smallest absolute Gasteiger partial charge is 0.159 e. The van der Waals surface area contributed by atoms with Crippen LogP contribution in [0.15, 0.2) is 30.5 Å². The Kier molecular flexibility index (Phi) is 5.08. The summed E-state index contributed by atoms with van der Waals surface area (Å²) in [5, 5.41) is 13.0. The van der Waals surface area contributed by atoms with Crippen LogP contribution in [-0.2, 0) is 0 Å². The number of aromatic hydroxyl groups is 1. The Morgan fingerprint density at radius 3 is 2.78 bits per heavy atom. The van der Waals surface area contributed by atoms with E-state index < -0.39 is 0 Å². The molecule has 0 bridgehead atoms. The van der Waals surface area contributed by atoms with Crippen molar-refractivity contribution in [3.8, 4) is 17.1 Å². The minimum atomic E-state index is 0.232. The molecule has 23 heavy (non-hydrogen) atoms. The van der Waals surface area contributed by atoms with Gasteiger partial charge in [0.2, 0.25) is 0 Å². The molecule has 0 aliphatic heterocycles. The van der Waals surface area contributed by atoms with Crippen molar-refractivity contribution in [3.63, 3.8) is 0 Å². The molecule has 1 aliphatic rings. The minimum absolute atomic E-state index is 0.232. The number of anilines is 1. The standard InChI is InChI=1S/C18H24N4O/c19-9-10-20-16-12-21-18(14-7-4-8-15(23)11-14)22-17(16)13-5-2-1-3-6-13/h4,7-8,11-13,20,23H,1-3,5-6,9-10,19H2. The zero-order valence-electron chi connectivity index (χ0n) is 13.3. The predicted octanol–water partition coefficient (Wildman–Crippen LogP) is 3.27. The Hall–Kier alpha value is -2.14. The normalized spacial score (nSPS) is 15.5. The Morgan fingerprint density at radius 2 is 2.04 bits per heavy atom. The number of nitrogens with one attached hydrogen (secondary N) is 1. The van der Waals surface area contributed by atoms with Gasteiger partial charge in [-0.25, -0.2) is 9.97 Å². The molecule has 0 unspecified atom stereocenters. The second-order valence-corrected chi connectivity index (χ2v) is 6.09. The summed E-state index contributed by atoms with van der Waals surface area (Å²) in [5.74, 6) is 1.37. The van der Waals surface area contributed by atoms with E-state index in [-0.39, 0.29) is 5.75 Å². The van der Waals surface area contributed by atoms with Crippen LogP contribution >= 0.6 is 0 Å². The maximum absolute atomic E-state index is 9.68. The van der Waals surface area contributed by atoms with Crippen LogP contribution in [-0.4, -0.2) is 28.2 Å². The highest BCUT2D eigenvalue weighted by molar-refractivity contribution is 5.60. The predicted molar refractivity (Wildman–Crippen MR) is 92.5 cm³/mol. The molecule has 1 fully saturated rings. The molecule has 3 rings (SSSR count). The van der Waals surface area contributed by atoms with Crippen LogP contribution in [0.3, 0.4) is 0 Å². The van der Waals surface area contributed by atoms with Gasteiger partial charge in [-0.15, -0.1) is 0 Å². The Balaban J connectivity index is 1.96. The van der Waals surface area contributed by atoms with Crippen LogP contribution in [0.1, 0.15) is 43.7 Å². The van der Waals surface area contributed by atoms with Gasteiger partial charge < -0.3 is 16.2 Å². The van der Waals surface area contributed by atoms with Crippen LogP contribution in [0.2, 0.25) is 0 Å². The average Bonchev–Trinajstić information content (AvgIpc) is 2.60. The third-order valence-electron chi connectivity index (χ3n) is 4.37. The average molecular weight is 312 g/mol. The van der Waals surface area contributed by atoms with Crippen LogP contribution in [0.5, 0.6) is 5.75 Å². The number of nitrogens with zero attached hydrogens (tertiary/aromatic N) is 2. The van der Waals surface area contributed by atoms with Gasteiger partial charge in [-0.3, -0.25) is 0 Å². The third-order valence-corrected chi connectivity index (χ3v) is 4.37. The fourth-order valence-corrected chi connectivity index (χ4v) is 3.21. The van der Waals surface area contributed by atoms with Gasteiger partial charge in [0.1, 0.15) is 5.75 Å². The molecule has 5 heteroatoms. The van der Waals surface area contributed by atoms with E-state index in [1.807, 2.05) is 18.3 Å². The molecule has 4 N–H and O–H groups in total. The molecule has 122 valence electrons. The van der Waals surface area contributed by atoms with Crippen molar-refractivity contribution in [3.05, 3.63) is 36.2 Å². The Morgan fingerprint density at radius 1 is 1.22 bits per heavy atom. The van der Waals surface area contributed by atoms with E-state index in [0.717, 1.165) is 16.9 Å². The second-order valence-electron chi connectivity index (χ2n) is 6.09. The molecule has 0 amide bonds. The number of hydrogen-bond acceptors (Lipinski definition) is 5. The highest BCUT2D eigenvalue weighted by Gasteiger charge is 2.21. The maximum atomic E-state index is 9.68. The van der Waals surface area contributed by atoms with Crippen molar-refractivity contribution >= 4 is 5.69 Å². The first kappa shape index (κ1) is 15.7. The first-order chi connectivity index (χ1) is 11.3. The van der Waals surface area contributed by atoms with Gasteiger partial charge in [0.05, 0.1) is 17.6 Å². The van der Waals surface area contributed by atoms with E-state index in [0.29, 0.717) is 24.8 Å². The van der Waals surface area contributed by atoms with Gasteiger partial charge in [-0.2, -0.15) is 0 Å². The summed E-state index contributed by atoms with van der Waals surface area (Å²) in [7, 11) is 0. The van der Waals surface area contributed by atoms with Gasteiger partial charge in [-0.1, -0.05) is 31.4 Å². The molecule has 5 nitrogen and oxygen atoms in total. The Bertz CT molecular complexity index is 653. The second kappa shape index (κ2) is 7.42. The van der Waals surface area contributed by atoms with Crippen molar-refractivity contribution in [2.75, 3.05) is 18.4 Å². The lowest BCUT2D eigenvalue weighted by Gasteiger charge is -2.24. The monoisotopic (exact) mass is 312 g/mol. The molecule has 1 aromatic heterocycles. The fraction of sp³-hybridized carbons (Fsp3) is 0.444. The first-order valence-electron chi connectivity index (χ1n) is 8.38. The van der Waals surface area contributed by atoms with Gasteiger partial charge in [0.15, 0.2) is 5.82 Å². The van der Waals surface area contributed by atoms with E-state index in [1.165, 1.54) is 32.1 Å². The largest absolute Gasteiger partial charge is 0.508 e. The first-order valence-corrected chi connectivity index (χ1v) is 8.38. The minimum Gasteiger partial charge on any atom is -0.508 e. The van der Waals surface area contributed by atoms with Crippen molar-refractivity contribution < 1.29 is 5.11 Å². The lowest BCUT2D eigenvalue weighted by Crippen LogP contribution is -2.17. The molecule has 1 saturated carbocycles. The van der Waals surface area contributed by atoms with E-state index in [2.05, 4.69) is 10.3 Å². The summed E-state index contributed by atoms with van der Waals surface area (Å²) >= 11 is 0. The number of aromatic nitrogens is 2. The number of phenolic OH excluding ortho intramolecular Hbond substituents is 1. The van der Waals surface area contributed by atoms with E-state index in [1.54, 1.807) is 12.1 Å². The van der Waals surface area contributed by atoms with Crippen LogP contribution in [0, 0.1) is 0 Å². The molecule has 1 aliphatic carbocycles. The summed E-state index contributed by atoms with van der Waals surface area (Å²) in [4.78, 5) is 9.31. The number of nitrogens with two attached hydrogens (primary N) is 1. The zero-order chi connectivity index (χ0) is 16.1. The molecule has 1 aromatic carbocycles. The maximum Gasteiger partial charge on any atom is 0.159 e. The van der Waals surface area contributed by atoms with Gasteiger partial charge >= 0.3 is 0 Å². The number of benzene rings is 1. The quantitative estimate of drug-likeness (QED) is 0.789. The van der Waals surface area contributed by atoms with Crippen LogP contribution in [0.4, 0.5) is 5.69 Å². The molecular weight excluding hydrogens is 288 g/mol. The molecule has 1 heterocycles. The summed E-state index contributed by atoms with van der Waals surface area (Å²) in [6.45, 7) is 1.30. The third kappa shape index (κ3) is 3.79. The van der Waals surface area contributed by atoms with Gasteiger partial charge in [0.25, 0.3) is 0 Å². The molecule has 0 spiro atoms. The summed E-state index contributed by atoms with van der Waals surface area (Å²) < 4.78 is 0. The van der Waals surface area contributed by atoms with Gasteiger partial charge in [-0.05, 0) is 25.0 Å². The molecule has 0 saturated heterocycles. The topological polar surface area (TPSA) is 84.1 Å². The Labute approximate surface area is 137 Å². The summed E-state index contributed by atoms with van der Waals surface area (Å²) in [5.41, 5.74) is 8.53. The lowest BCUT2D eigenvalue weighted by atomic mass is 9.86. The number of hydrogen-bond donors (Lipinski definition) is 3.